The Morgan fingerprint density at radius 3 is 2.17 bits per heavy atom. The first-order valence-electron chi connectivity index (χ1n) is 7.19. The molecule has 1 aliphatic carbocycles. The zero-order chi connectivity index (χ0) is 13.3. The van der Waals surface area contributed by atoms with E-state index < -0.39 is 0 Å². The molecular weight excluding hydrogens is 218 g/mol. The van der Waals surface area contributed by atoms with Crippen LogP contribution in [0.3, 0.4) is 0 Å². The molecule has 0 amide bonds. The Morgan fingerprint density at radius 2 is 1.67 bits per heavy atom. The molecule has 1 heteroatoms. The minimum absolute atomic E-state index is 0.356. The van der Waals surface area contributed by atoms with Crippen LogP contribution in [-0.2, 0) is 0 Å². The molecule has 1 unspecified atom stereocenters. The molecule has 1 aromatic rings. The van der Waals surface area contributed by atoms with Gasteiger partial charge in [-0.1, -0.05) is 50.6 Å². The van der Waals surface area contributed by atoms with Crippen molar-refractivity contribution in [2.45, 2.75) is 65.5 Å². The molecule has 1 N–H and O–H groups in total. The smallest absolute Gasteiger partial charge is 0.00898 e. The third-order valence-electron chi connectivity index (χ3n) is 4.47. The van der Waals surface area contributed by atoms with Gasteiger partial charge < -0.3 is 5.32 Å². The average molecular weight is 245 g/mol. The molecule has 0 aromatic heterocycles. The van der Waals surface area contributed by atoms with Crippen molar-refractivity contribution in [3.05, 3.63) is 35.4 Å². The SMILES string of the molecule is Cc1ccc(C2CC(NC(C)C(C)(C)C)C2)cc1. The van der Waals surface area contributed by atoms with Gasteiger partial charge >= 0.3 is 0 Å². The van der Waals surface area contributed by atoms with E-state index in [0.717, 1.165) is 5.92 Å². The third kappa shape index (κ3) is 3.14. The second kappa shape index (κ2) is 5.05. The summed E-state index contributed by atoms with van der Waals surface area (Å²) in [6.45, 7) is 11.4. The van der Waals surface area contributed by atoms with Gasteiger partial charge in [-0.25, -0.2) is 0 Å². The first-order chi connectivity index (χ1) is 8.36. The van der Waals surface area contributed by atoms with Gasteiger partial charge in [-0.2, -0.15) is 0 Å². The molecule has 100 valence electrons. The van der Waals surface area contributed by atoms with Crippen molar-refractivity contribution in [2.24, 2.45) is 5.41 Å². The number of rotatable bonds is 3. The predicted molar refractivity (Wildman–Crippen MR) is 79.0 cm³/mol. The van der Waals surface area contributed by atoms with E-state index in [9.17, 15) is 0 Å². The van der Waals surface area contributed by atoms with E-state index in [4.69, 9.17) is 0 Å². The molecule has 0 radical (unpaired) electrons. The standard InChI is InChI=1S/C17H27N/c1-12-6-8-14(9-7-12)15-10-16(11-15)18-13(2)17(3,4)5/h6-9,13,15-16,18H,10-11H2,1-5H3. The minimum Gasteiger partial charge on any atom is -0.311 e. The summed E-state index contributed by atoms with van der Waals surface area (Å²) in [7, 11) is 0. The van der Waals surface area contributed by atoms with Crippen molar-refractivity contribution < 1.29 is 0 Å². The Bertz CT molecular complexity index is 379. The summed E-state index contributed by atoms with van der Waals surface area (Å²) in [5.41, 5.74) is 3.23. The Balaban J connectivity index is 1.82. The summed E-state index contributed by atoms with van der Waals surface area (Å²) >= 11 is 0. The maximum Gasteiger partial charge on any atom is 0.00898 e. The maximum absolute atomic E-state index is 3.77. The topological polar surface area (TPSA) is 12.0 Å². The molecule has 1 nitrogen and oxygen atoms in total. The minimum atomic E-state index is 0.356. The maximum atomic E-state index is 3.77. The normalized spacial score (nSPS) is 25.6. The number of hydrogen-bond donors (Lipinski definition) is 1. The Kier molecular flexibility index (Phi) is 3.82. The highest BCUT2D eigenvalue weighted by Gasteiger charge is 2.32. The predicted octanol–water partition coefficient (Wildman–Crippen LogP) is 4.27. The van der Waals surface area contributed by atoms with Crippen molar-refractivity contribution >= 4 is 0 Å². The van der Waals surface area contributed by atoms with Gasteiger partial charge in [-0.15, -0.1) is 0 Å². The van der Waals surface area contributed by atoms with Crippen LogP contribution in [0.2, 0.25) is 0 Å². The van der Waals surface area contributed by atoms with Crippen LogP contribution in [0, 0.1) is 12.3 Å². The molecule has 0 aliphatic heterocycles. The molecule has 0 bridgehead atoms. The number of aryl methyl sites for hydroxylation is 1. The fourth-order valence-corrected chi connectivity index (χ4v) is 2.47. The third-order valence-corrected chi connectivity index (χ3v) is 4.47. The van der Waals surface area contributed by atoms with Gasteiger partial charge in [0.25, 0.3) is 0 Å². The van der Waals surface area contributed by atoms with Crippen LogP contribution in [0.4, 0.5) is 0 Å². The quantitative estimate of drug-likeness (QED) is 0.838. The molecule has 0 spiro atoms. The Hall–Kier alpha value is -0.820. The van der Waals surface area contributed by atoms with Gasteiger partial charge in [0, 0.05) is 12.1 Å². The van der Waals surface area contributed by atoms with Gasteiger partial charge in [-0.3, -0.25) is 0 Å². The summed E-state index contributed by atoms with van der Waals surface area (Å²) in [6, 6.07) is 10.3. The van der Waals surface area contributed by atoms with Crippen LogP contribution in [0.15, 0.2) is 24.3 Å². The van der Waals surface area contributed by atoms with Crippen molar-refractivity contribution in [3.8, 4) is 0 Å². The van der Waals surface area contributed by atoms with E-state index in [2.05, 4.69) is 64.2 Å². The van der Waals surface area contributed by atoms with Gasteiger partial charge in [0.1, 0.15) is 0 Å². The van der Waals surface area contributed by atoms with Crippen LogP contribution in [0.5, 0.6) is 0 Å². The van der Waals surface area contributed by atoms with Gasteiger partial charge in [0.05, 0.1) is 0 Å². The molecule has 0 saturated heterocycles. The fourth-order valence-electron chi connectivity index (χ4n) is 2.47. The average Bonchev–Trinajstić information content (AvgIpc) is 2.23. The van der Waals surface area contributed by atoms with E-state index in [1.807, 2.05) is 0 Å². The summed E-state index contributed by atoms with van der Waals surface area (Å²) in [6.07, 6.45) is 2.59. The van der Waals surface area contributed by atoms with E-state index in [1.54, 1.807) is 0 Å². The lowest BCUT2D eigenvalue weighted by Gasteiger charge is -2.41. The van der Waals surface area contributed by atoms with Crippen molar-refractivity contribution in [1.82, 2.24) is 5.32 Å². The molecule has 0 heterocycles. The lowest BCUT2D eigenvalue weighted by molar-refractivity contribution is 0.203. The molecule has 18 heavy (non-hydrogen) atoms. The van der Waals surface area contributed by atoms with Crippen LogP contribution in [0.1, 0.15) is 57.6 Å². The Morgan fingerprint density at radius 1 is 1.11 bits per heavy atom. The second-order valence-electron chi connectivity index (χ2n) is 7.03. The number of benzene rings is 1. The molecule has 1 aliphatic rings. The highest BCUT2D eigenvalue weighted by Crippen LogP contribution is 2.37. The first-order valence-corrected chi connectivity index (χ1v) is 7.19. The van der Waals surface area contributed by atoms with Crippen molar-refractivity contribution in [1.29, 1.82) is 0 Å². The summed E-state index contributed by atoms with van der Waals surface area (Å²) in [5, 5.41) is 3.77. The summed E-state index contributed by atoms with van der Waals surface area (Å²) in [5.74, 6) is 0.773. The van der Waals surface area contributed by atoms with Crippen LogP contribution >= 0.6 is 0 Å². The number of hydrogen-bond acceptors (Lipinski definition) is 1. The Labute approximate surface area is 112 Å². The van der Waals surface area contributed by atoms with Gasteiger partial charge in [0.15, 0.2) is 0 Å². The van der Waals surface area contributed by atoms with Crippen molar-refractivity contribution in [2.75, 3.05) is 0 Å². The highest BCUT2D eigenvalue weighted by atomic mass is 15.0. The van der Waals surface area contributed by atoms with E-state index in [0.29, 0.717) is 17.5 Å². The van der Waals surface area contributed by atoms with Crippen LogP contribution in [0.25, 0.3) is 0 Å². The van der Waals surface area contributed by atoms with Gasteiger partial charge in [-0.05, 0) is 43.6 Å². The molecular formula is C17H27N. The zero-order valence-electron chi connectivity index (χ0n) is 12.5. The first kappa shape index (κ1) is 13.6. The molecule has 1 atom stereocenters. The summed E-state index contributed by atoms with van der Waals surface area (Å²) in [4.78, 5) is 0. The molecule has 1 saturated carbocycles. The van der Waals surface area contributed by atoms with Crippen LogP contribution < -0.4 is 5.32 Å². The lowest BCUT2D eigenvalue weighted by atomic mass is 9.74. The van der Waals surface area contributed by atoms with Crippen LogP contribution in [-0.4, -0.2) is 12.1 Å². The molecule has 1 aromatic carbocycles. The van der Waals surface area contributed by atoms with E-state index >= 15 is 0 Å². The van der Waals surface area contributed by atoms with E-state index in [1.165, 1.54) is 24.0 Å². The lowest BCUT2D eigenvalue weighted by Crippen LogP contribution is -2.49. The monoisotopic (exact) mass is 245 g/mol. The van der Waals surface area contributed by atoms with E-state index in [-0.39, 0.29) is 0 Å². The second-order valence-corrected chi connectivity index (χ2v) is 7.03. The largest absolute Gasteiger partial charge is 0.311 e. The molecule has 1 fully saturated rings. The molecule has 2 rings (SSSR count). The van der Waals surface area contributed by atoms with Crippen molar-refractivity contribution in [3.63, 3.8) is 0 Å². The highest BCUT2D eigenvalue weighted by molar-refractivity contribution is 5.26. The summed E-state index contributed by atoms with van der Waals surface area (Å²) < 4.78 is 0. The fraction of sp³-hybridized carbons (Fsp3) is 0.647. The zero-order valence-corrected chi connectivity index (χ0v) is 12.5. The van der Waals surface area contributed by atoms with Gasteiger partial charge in [0.2, 0.25) is 0 Å². The number of nitrogens with one attached hydrogen (secondary N) is 1.